The van der Waals surface area contributed by atoms with Crippen LogP contribution in [0.4, 0.5) is 42.8 Å². The largest absolute Gasteiger partial charge is 0.416 e. The fourth-order valence-electron chi connectivity index (χ4n) is 5.32. The van der Waals surface area contributed by atoms with Crippen LogP contribution in [-0.2, 0) is 18.9 Å². The van der Waals surface area contributed by atoms with E-state index in [1.807, 2.05) is 0 Å². The van der Waals surface area contributed by atoms with Gasteiger partial charge >= 0.3 is 18.4 Å². The third-order valence-electron chi connectivity index (χ3n) is 7.62. The summed E-state index contributed by atoms with van der Waals surface area (Å²) in [6.45, 7) is 1.94. The molecule has 45 heavy (non-hydrogen) atoms. The topological polar surface area (TPSA) is 104 Å². The third-order valence-corrected chi connectivity index (χ3v) is 7.62. The van der Waals surface area contributed by atoms with E-state index >= 15 is 0 Å². The monoisotopic (exact) mass is 635 g/mol. The molecule has 1 saturated heterocycles. The fourth-order valence-corrected chi connectivity index (χ4v) is 5.32. The number of hydrogen-bond acceptors (Lipinski definition) is 9. The molecule has 2 aliphatic rings. The Hall–Kier alpha value is -4.76. The van der Waals surface area contributed by atoms with Gasteiger partial charge in [-0.05, 0) is 72.1 Å². The molecule has 1 fully saturated rings. The molecule has 3 atom stereocenters. The molecule has 2 aromatic carbocycles. The highest BCUT2D eigenvalue weighted by Gasteiger charge is 2.40. The molecule has 16 heteroatoms. The van der Waals surface area contributed by atoms with E-state index in [4.69, 9.17) is 4.74 Å². The average Bonchev–Trinajstić information content (AvgIpc) is 3.60. The molecule has 5 rings (SSSR count). The van der Waals surface area contributed by atoms with Crippen LogP contribution in [0.5, 0.6) is 5.75 Å². The lowest BCUT2D eigenvalue weighted by Crippen LogP contribution is -2.41. The van der Waals surface area contributed by atoms with Gasteiger partial charge in [-0.1, -0.05) is 0 Å². The third kappa shape index (κ3) is 7.32. The van der Waals surface area contributed by atoms with Crippen LogP contribution in [0.25, 0.3) is 0 Å². The van der Waals surface area contributed by atoms with Crippen LogP contribution in [0.1, 0.15) is 41.5 Å². The quantitative estimate of drug-likeness (QED) is 0.213. The van der Waals surface area contributed by atoms with E-state index in [9.17, 15) is 36.0 Å². The smallest absolute Gasteiger partial charge is 0.410 e. The number of nitroso groups, excluding NO2 is 1. The summed E-state index contributed by atoms with van der Waals surface area (Å²) in [4.78, 5) is 35.5. The Morgan fingerprint density at radius 3 is 2.16 bits per heavy atom. The van der Waals surface area contributed by atoms with E-state index in [0.29, 0.717) is 25.1 Å². The SMILES string of the molecule is C[C@@H]1C[C@H](N(Cc2cc(C(F)(F)F)cc(C(F)(F)F)c2)c2ncc(C3C=NN(C)C3)cn2)CN1C(=O)Oc1ccc(N=O)cc1. The number of carbonyl (C=O) groups is 1. The maximum Gasteiger partial charge on any atom is 0.416 e. The first-order valence-electron chi connectivity index (χ1n) is 13.8. The Labute approximate surface area is 253 Å². The van der Waals surface area contributed by atoms with Gasteiger partial charge in [0.15, 0.2) is 0 Å². The number of halogens is 6. The van der Waals surface area contributed by atoms with Gasteiger partial charge in [0.25, 0.3) is 0 Å². The van der Waals surface area contributed by atoms with Crippen LogP contribution >= 0.6 is 0 Å². The van der Waals surface area contributed by atoms with Crippen molar-refractivity contribution in [3.05, 3.63) is 82.0 Å². The summed E-state index contributed by atoms with van der Waals surface area (Å²) in [6, 6.07) is 5.93. The van der Waals surface area contributed by atoms with Gasteiger partial charge in [0, 0.05) is 57.2 Å². The molecule has 0 spiro atoms. The molecule has 0 N–H and O–H groups in total. The molecule has 1 aromatic heterocycles. The van der Waals surface area contributed by atoms with Crippen molar-refractivity contribution in [1.29, 1.82) is 0 Å². The number of hydrogen-bond donors (Lipinski definition) is 0. The van der Waals surface area contributed by atoms with Gasteiger partial charge in [-0.25, -0.2) is 14.8 Å². The lowest BCUT2D eigenvalue weighted by molar-refractivity contribution is -0.143. The summed E-state index contributed by atoms with van der Waals surface area (Å²) >= 11 is 0. The van der Waals surface area contributed by atoms with Crippen LogP contribution in [0, 0.1) is 4.91 Å². The maximum absolute atomic E-state index is 13.6. The van der Waals surface area contributed by atoms with E-state index in [2.05, 4.69) is 20.2 Å². The zero-order valence-corrected chi connectivity index (χ0v) is 24.0. The minimum absolute atomic E-state index is 0.0181. The summed E-state index contributed by atoms with van der Waals surface area (Å²) in [7, 11) is 1.80. The zero-order valence-electron chi connectivity index (χ0n) is 24.0. The van der Waals surface area contributed by atoms with Gasteiger partial charge in [0.2, 0.25) is 5.95 Å². The molecule has 1 unspecified atom stereocenters. The molecular formula is C29H27F6N7O3. The predicted molar refractivity (Wildman–Crippen MR) is 151 cm³/mol. The van der Waals surface area contributed by atoms with E-state index in [1.54, 1.807) is 37.6 Å². The van der Waals surface area contributed by atoms with Crippen molar-refractivity contribution in [3.63, 3.8) is 0 Å². The highest BCUT2D eigenvalue weighted by atomic mass is 19.4. The fraction of sp³-hybridized carbons (Fsp3) is 0.379. The minimum Gasteiger partial charge on any atom is -0.410 e. The molecule has 0 aliphatic carbocycles. The number of hydrazone groups is 1. The lowest BCUT2D eigenvalue weighted by atomic mass is 10.0. The van der Waals surface area contributed by atoms with Gasteiger partial charge in [0.1, 0.15) is 11.4 Å². The van der Waals surface area contributed by atoms with Crippen molar-refractivity contribution in [1.82, 2.24) is 19.9 Å². The second-order valence-corrected chi connectivity index (χ2v) is 10.9. The highest BCUT2D eigenvalue weighted by molar-refractivity contribution is 5.72. The Morgan fingerprint density at radius 1 is 1.00 bits per heavy atom. The van der Waals surface area contributed by atoms with Crippen LogP contribution in [0.3, 0.4) is 0 Å². The molecule has 10 nitrogen and oxygen atoms in total. The Bertz CT molecular complexity index is 1530. The van der Waals surface area contributed by atoms with E-state index in [-0.39, 0.29) is 41.5 Å². The number of carbonyl (C=O) groups excluding carboxylic acids is 1. The predicted octanol–water partition coefficient (Wildman–Crippen LogP) is 6.60. The van der Waals surface area contributed by atoms with Gasteiger partial charge in [-0.3, -0.25) is 5.01 Å². The van der Waals surface area contributed by atoms with Gasteiger partial charge in [0.05, 0.1) is 17.2 Å². The Morgan fingerprint density at radius 2 is 1.62 bits per heavy atom. The van der Waals surface area contributed by atoms with Crippen LogP contribution in [0.15, 0.2) is 65.1 Å². The highest BCUT2D eigenvalue weighted by Crippen LogP contribution is 2.37. The summed E-state index contributed by atoms with van der Waals surface area (Å²) in [5, 5.41) is 8.71. The second-order valence-electron chi connectivity index (χ2n) is 10.9. The van der Waals surface area contributed by atoms with Crippen molar-refractivity contribution in [2.24, 2.45) is 10.3 Å². The van der Waals surface area contributed by atoms with Gasteiger partial charge in [-0.2, -0.15) is 31.4 Å². The standard InChI is InChI=1S/C29H27F6N7O3/c1-17-7-24(16-41(17)27(43)45-25-5-3-23(39-44)4-6-25)42(26-36-11-19(12-37-26)20-13-38-40(2)15-20)14-18-8-21(28(30,31)32)10-22(9-18)29(33,34)35/h3-6,8-13,17,20,24H,7,14-16H2,1-2H3/t17-,20?,24+/m1/s1. The van der Waals surface area contributed by atoms with E-state index in [1.165, 1.54) is 34.1 Å². The number of aromatic nitrogens is 2. The van der Waals surface area contributed by atoms with Crippen molar-refractivity contribution >= 4 is 23.9 Å². The summed E-state index contributed by atoms with van der Waals surface area (Å²) in [6.07, 6.45) is -5.66. The Balaban J connectivity index is 1.45. The van der Waals surface area contributed by atoms with Gasteiger partial charge in [-0.15, -0.1) is 4.91 Å². The normalized spacial score (nSPS) is 20.0. The Kier molecular flexibility index (Phi) is 8.67. The number of anilines is 1. The number of nitrogens with zero attached hydrogens (tertiary/aromatic N) is 7. The van der Waals surface area contributed by atoms with Crippen molar-refractivity contribution in [2.75, 3.05) is 25.0 Å². The molecule has 3 aromatic rings. The molecule has 2 aliphatic heterocycles. The average molecular weight is 636 g/mol. The second kappa shape index (κ2) is 12.3. The van der Waals surface area contributed by atoms with Crippen molar-refractivity contribution in [3.8, 4) is 5.75 Å². The first-order valence-corrected chi connectivity index (χ1v) is 13.8. The van der Waals surface area contributed by atoms with Crippen LogP contribution < -0.4 is 9.64 Å². The van der Waals surface area contributed by atoms with Gasteiger partial charge < -0.3 is 14.5 Å². The van der Waals surface area contributed by atoms with E-state index in [0.717, 1.165) is 5.56 Å². The molecule has 0 bridgehead atoms. The van der Waals surface area contributed by atoms with Crippen LogP contribution in [0.2, 0.25) is 0 Å². The summed E-state index contributed by atoms with van der Waals surface area (Å²) < 4.78 is 87.2. The molecule has 3 heterocycles. The number of ether oxygens (including phenoxy) is 1. The van der Waals surface area contributed by atoms with Crippen LogP contribution in [-0.4, -0.2) is 64.4 Å². The molecule has 0 radical (unpaired) electrons. The molecular weight excluding hydrogens is 608 g/mol. The number of rotatable bonds is 7. The van der Waals surface area contributed by atoms with Crippen molar-refractivity contribution < 1.29 is 35.9 Å². The minimum atomic E-state index is -5.02. The zero-order chi connectivity index (χ0) is 32.5. The summed E-state index contributed by atoms with van der Waals surface area (Å²) in [5.74, 6) is 0.129. The molecule has 0 saturated carbocycles. The van der Waals surface area contributed by atoms with E-state index < -0.39 is 48.2 Å². The number of alkyl halides is 6. The molecule has 1 amide bonds. The summed E-state index contributed by atoms with van der Waals surface area (Å²) in [5.41, 5.74) is -2.26. The maximum atomic E-state index is 13.6. The number of likely N-dealkylation sites (tertiary alicyclic amines) is 1. The van der Waals surface area contributed by atoms with Crippen molar-refractivity contribution in [2.45, 2.75) is 50.2 Å². The lowest BCUT2D eigenvalue weighted by Gasteiger charge is -2.30. The number of benzene rings is 2. The first-order chi connectivity index (χ1) is 21.2. The number of likely N-dealkylation sites (N-methyl/N-ethyl adjacent to an activating group) is 1. The number of amides is 1. The molecule has 238 valence electrons. The first kappa shape index (κ1) is 31.7.